The maximum absolute atomic E-state index is 10.8. The number of hydrogen-bond acceptors (Lipinski definition) is 2. The number of carbonyl (C=O) groups is 1. The lowest BCUT2D eigenvalue weighted by Crippen LogP contribution is -1.90. The summed E-state index contributed by atoms with van der Waals surface area (Å²) in [7, 11) is 0. The minimum atomic E-state index is 0.709. The maximum Gasteiger partial charge on any atom is 0.150 e. The van der Waals surface area contributed by atoms with Gasteiger partial charge in [-0.05, 0) is 23.3 Å². The molecule has 0 atom stereocenters. The molecule has 1 heterocycles. The highest BCUT2D eigenvalue weighted by atomic mass is 16.1. The van der Waals surface area contributed by atoms with Gasteiger partial charge in [0.05, 0.1) is 5.69 Å². The average molecular weight is 221 g/mol. The Hall–Kier alpha value is -2.22. The summed E-state index contributed by atoms with van der Waals surface area (Å²) in [6.07, 6.45) is 5.74. The first-order valence-corrected chi connectivity index (χ1v) is 5.58. The molecule has 1 aromatic carbocycles. The van der Waals surface area contributed by atoms with Crippen LogP contribution in [0.3, 0.4) is 0 Å². The summed E-state index contributed by atoms with van der Waals surface area (Å²) in [5.74, 6) is 0. The van der Waals surface area contributed by atoms with Gasteiger partial charge in [0.15, 0.2) is 0 Å². The second-order valence-corrected chi connectivity index (χ2v) is 4.06. The van der Waals surface area contributed by atoms with Crippen molar-refractivity contribution in [3.8, 4) is 0 Å². The van der Waals surface area contributed by atoms with Gasteiger partial charge in [-0.2, -0.15) is 0 Å². The minimum Gasteiger partial charge on any atom is -0.298 e. The summed E-state index contributed by atoms with van der Waals surface area (Å²) in [6, 6.07) is 11.7. The predicted molar refractivity (Wildman–Crippen MR) is 66.8 cm³/mol. The van der Waals surface area contributed by atoms with Crippen LogP contribution in [0.1, 0.15) is 27.2 Å². The Labute approximate surface area is 99.6 Å². The van der Waals surface area contributed by atoms with E-state index in [4.69, 9.17) is 0 Å². The van der Waals surface area contributed by atoms with E-state index in [9.17, 15) is 4.79 Å². The molecule has 0 bridgehead atoms. The zero-order valence-electron chi connectivity index (χ0n) is 9.26. The predicted octanol–water partition coefficient (Wildman–Crippen LogP) is 2.88. The SMILES string of the molecule is O=Cc1cccc(C2=CCc3ncccc32)c1. The Bertz CT molecular complexity index is 614. The van der Waals surface area contributed by atoms with E-state index >= 15 is 0 Å². The van der Waals surface area contributed by atoms with Crippen molar-refractivity contribution in [2.75, 3.05) is 0 Å². The number of rotatable bonds is 2. The molecule has 0 amide bonds. The molecule has 1 aliphatic rings. The Morgan fingerprint density at radius 2 is 2.12 bits per heavy atom. The fraction of sp³-hybridized carbons (Fsp3) is 0.0667. The van der Waals surface area contributed by atoms with E-state index in [1.165, 1.54) is 11.1 Å². The number of hydrogen-bond donors (Lipinski definition) is 0. The Kier molecular flexibility index (Phi) is 2.33. The summed E-state index contributed by atoms with van der Waals surface area (Å²) < 4.78 is 0. The molecule has 1 aliphatic carbocycles. The molecular weight excluding hydrogens is 210 g/mol. The number of benzene rings is 1. The highest BCUT2D eigenvalue weighted by molar-refractivity contribution is 5.86. The van der Waals surface area contributed by atoms with Gasteiger partial charge in [-0.1, -0.05) is 30.3 Å². The molecule has 17 heavy (non-hydrogen) atoms. The number of aromatic nitrogens is 1. The van der Waals surface area contributed by atoms with Crippen LogP contribution in [0.25, 0.3) is 5.57 Å². The molecule has 0 spiro atoms. The van der Waals surface area contributed by atoms with Crippen LogP contribution in [0.5, 0.6) is 0 Å². The van der Waals surface area contributed by atoms with E-state index in [1.807, 2.05) is 36.5 Å². The molecule has 3 rings (SSSR count). The van der Waals surface area contributed by atoms with Gasteiger partial charge < -0.3 is 0 Å². The van der Waals surface area contributed by atoms with Crippen LogP contribution in [0.4, 0.5) is 0 Å². The number of aldehydes is 1. The van der Waals surface area contributed by atoms with Crippen molar-refractivity contribution in [3.63, 3.8) is 0 Å². The van der Waals surface area contributed by atoms with Gasteiger partial charge in [0.1, 0.15) is 6.29 Å². The van der Waals surface area contributed by atoms with Crippen LogP contribution in [0.2, 0.25) is 0 Å². The summed E-state index contributed by atoms with van der Waals surface area (Å²) in [5.41, 5.74) is 5.26. The zero-order valence-corrected chi connectivity index (χ0v) is 9.26. The van der Waals surface area contributed by atoms with Gasteiger partial charge in [-0.25, -0.2) is 0 Å². The topological polar surface area (TPSA) is 30.0 Å². The van der Waals surface area contributed by atoms with Crippen molar-refractivity contribution in [2.45, 2.75) is 6.42 Å². The molecule has 1 aromatic heterocycles. The van der Waals surface area contributed by atoms with Crippen molar-refractivity contribution < 1.29 is 4.79 Å². The highest BCUT2D eigenvalue weighted by Crippen LogP contribution is 2.31. The smallest absolute Gasteiger partial charge is 0.150 e. The number of nitrogens with zero attached hydrogens (tertiary/aromatic N) is 1. The van der Waals surface area contributed by atoms with Gasteiger partial charge in [0.2, 0.25) is 0 Å². The number of pyridine rings is 1. The van der Waals surface area contributed by atoms with E-state index < -0.39 is 0 Å². The number of allylic oxidation sites excluding steroid dienone is 1. The second kappa shape index (κ2) is 3.98. The first-order chi connectivity index (χ1) is 8.38. The first-order valence-electron chi connectivity index (χ1n) is 5.58. The molecule has 0 aliphatic heterocycles. The van der Waals surface area contributed by atoms with Crippen molar-refractivity contribution >= 4 is 11.9 Å². The van der Waals surface area contributed by atoms with E-state index in [1.54, 1.807) is 0 Å². The lowest BCUT2D eigenvalue weighted by atomic mass is 10.00. The third-order valence-electron chi connectivity index (χ3n) is 3.01. The molecular formula is C15H11NO. The fourth-order valence-corrected chi connectivity index (χ4v) is 2.21. The quantitative estimate of drug-likeness (QED) is 0.730. The zero-order chi connectivity index (χ0) is 11.7. The summed E-state index contributed by atoms with van der Waals surface area (Å²) in [5, 5.41) is 0. The first kappa shape index (κ1) is 9.97. The van der Waals surface area contributed by atoms with Gasteiger partial charge >= 0.3 is 0 Å². The molecule has 0 saturated carbocycles. The van der Waals surface area contributed by atoms with Crippen LogP contribution in [0.15, 0.2) is 48.7 Å². The second-order valence-electron chi connectivity index (χ2n) is 4.06. The van der Waals surface area contributed by atoms with E-state index in [2.05, 4.69) is 17.1 Å². The molecule has 0 saturated heterocycles. The van der Waals surface area contributed by atoms with Crippen LogP contribution >= 0.6 is 0 Å². The van der Waals surface area contributed by atoms with Crippen molar-refractivity contribution in [2.24, 2.45) is 0 Å². The number of fused-ring (bicyclic) bond motifs is 1. The summed E-state index contributed by atoms with van der Waals surface area (Å²) in [4.78, 5) is 15.1. The van der Waals surface area contributed by atoms with Gasteiger partial charge in [-0.15, -0.1) is 0 Å². The summed E-state index contributed by atoms with van der Waals surface area (Å²) in [6.45, 7) is 0. The maximum atomic E-state index is 10.8. The largest absolute Gasteiger partial charge is 0.298 e. The van der Waals surface area contributed by atoms with Crippen molar-refractivity contribution in [1.29, 1.82) is 0 Å². The minimum absolute atomic E-state index is 0.709. The van der Waals surface area contributed by atoms with Gasteiger partial charge in [0.25, 0.3) is 0 Å². The van der Waals surface area contributed by atoms with Crippen LogP contribution < -0.4 is 0 Å². The van der Waals surface area contributed by atoms with Gasteiger partial charge in [-0.3, -0.25) is 9.78 Å². The van der Waals surface area contributed by atoms with E-state index in [0.29, 0.717) is 5.56 Å². The molecule has 2 aromatic rings. The lowest BCUT2D eigenvalue weighted by molar-refractivity contribution is 0.112. The summed E-state index contributed by atoms with van der Waals surface area (Å²) >= 11 is 0. The molecule has 2 nitrogen and oxygen atoms in total. The molecule has 2 heteroatoms. The Morgan fingerprint density at radius 1 is 1.18 bits per heavy atom. The van der Waals surface area contributed by atoms with Crippen LogP contribution in [-0.4, -0.2) is 11.3 Å². The average Bonchev–Trinajstić information content (AvgIpc) is 2.82. The van der Waals surface area contributed by atoms with Gasteiger partial charge in [0, 0.05) is 23.7 Å². The molecule has 0 N–H and O–H groups in total. The van der Waals surface area contributed by atoms with E-state index in [-0.39, 0.29) is 0 Å². The lowest BCUT2D eigenvalue weighted by Gasteiger charge is -2.05. The van der Waals surface area contributed by atoms with Crippen molar-refractivity contribution in [1.82, 2.24) is 4.98 Å². The van der Waals surface area contributed by atoms with Crippen LogP contribution in [0, 0.1) is 0 Å². The van der Waals surface area contributed by atoms with Crippen LogP contribution in [-0.2, 0) is 6.42 Å². The van der Waals surface area contributed by atoms with Crippen molar-refractivity contribution in [3.05, 3.63) is 71.1 Å². The standard InChI is InChI=1S/C15H11NO/c17-10-11-3-1-4-12(9-11)13-6-7-15-14(13)5-2-8-16-15/h1-6,8-10H,7H2. The third-order valence-corrected chi connectivity index (χ3v) is 3.01. The Morgan fingerprint density at radius 3 is 3.00 bits per heavy atom. The highest BCUT2D eigenvalue weighted by Gasteiger charge is 2.15. The number of carbonyl (C=O) groups excluding carboxylic acids is 1. The molecule has 0 radical (unpaired) electrons. The normalized spacial score (nSPS) is 13.1. The molecule has 0 unspecified atom stereocenters. The third kappa shape index (κ3) is 1.68. The Balaban J connectivity index is 2.09. The van der Waals surface area contributed by atoms with E-state index in [0.717, 1.165) is 24.0 Å². The fourth-order valence-electron chi connectivity index (χ4n) is 2.21. The monoisotopic (exact) mass is 221 g/mol. The molecule has 82 valence electrons. The molecule has 0 fully saturated rings.